The van der Waals surface area contributed by atoms with Gasteiger partial charge in [0, 0.05) is 17.3 Å². The number of carbonyl (C=O) groups excluding carboxylic acids is 2. The highest BCUT2D eigenvalue weighted by Gasteiger charge is 2.41. The summed E-state index contributed by atoms with van der Waals surface area (Å²) in [5, 5.41) is 3.16. The van der Waals surface area contributed by atoms with Gasteiger partial charge in [0.1, 0.15) is 11.4 Å². The van der Waals surface area contributed by atoms with Gasteiger partial charge in [-0.1, -0.05) is 30.3 Å². The number of rotatable bonds is 7. The molecule has 34 heavy (non-hydrogen) atoms. The largest absolute Gasteiger partial charge is 0.496 e. The Kier molecular flexibility index (Phi) is 6.27. The third-order valence-electron chi connectivity index (χ3n) is 5.72. The molecular formula is C27H26N2O5. The van der Waals surface area contributed by atoms with Crippen molar-refractivity contribution in [2.45, 2.75) is 13.8 Å². The molecule has 3 aromatic carbocycles. The summed E-state index contributed by atoms with van der Waals surface area (Å²) in [5.41, 5.74) is 3.80. The van der Waals surface area contributed by atoms with Crippen LogP contribution < -0.4 is 24.4 Å². The third kappa shape index (κ3) is 3.96. The molecule has 0 fully saturated rings. The molecule has 0 spiro atoms. The predicted octanol–water partition coefficient (Wildman–Crippen LogP) is 4.73. The van der Waals surface area contributed by atoms with Crippen LogP contribution in [0.1, 0.15) is 16.7 Å². The Hall–Kier alpha value is -4.26. The number of carbonyl (C=O) groups is 2. The van der Waals surface area contributed by atoms with Crippen LogP contribution in [-0.2, 0) is 9.59 Å². The van der Waals surface area contributed by atoms with Gasteiger partial charge in [0.05, 0.1) is 32.6 Å². The number of hydrogen-bond donors (Lipinski definition) is 1. The van der Waals surface area contributed by atoms with Crippen LogP contribution in [0.25, 0.3) is 5.57 Å². The van der Waals surface area contributed by atoms with Crippen molar-refractivity contribution in [3.63, 3.8) is 0 Å². The quantitative estimate of drug-likeness (QED) is 0.516. The lowest BCUT2D eigenvalue weighted by molar-refractivity contribution is -0.120. The molecule has 0 bridgehead atoms. The fraction of sp³-hybridized carbons (Fsp3) is 0.185. The molecule has 0 saturated carbocycles. The highest BCUT2D eigenvalue weighted by Crippen LogP contribution is 2.39. The maximum atomic E-state index is 13.8. The SMILES string of the molecule is COc1ccc(NC2=C(c3ccccc3OC)C(=O)N(c3cc(C)ccc3C)C2=O)cc1OC. The van der Waals surface area contributed by atoms with Crippen LogP contribution in [0.5, 0.6) is 17.2 Å². The number of methoxy groups -OCH3 is 3. The molecule has 0 aliphatic carbocycles. The summed E-state index contributed by atoms with van der Waals surface area (Å²) >= 11 is 0. The first-order valence-electron chi connectivity index (χ1n) is 10.7. The third-order valence-corrected chi connectivity index (χ3v) is 5.72. The molecule has 4 rings (SSSR count). The Morgan fingerprint density at radius 3 is 2.15 bits per heavy atom. The smallest absolute Gasteiger partial charge is 0.282 e. The van der Waals surface area contributed by atoms with Crippen molar-refractivity contribution in [3.05, 3.63) is 83.1 Å². The van der Waals surface area contributed by atoms with E-state index in [4.69, 9.17) is 14.2 Å². The van der Waals surface area contributed by atoms with Crippen LogP contribution in [-0.4, -0.2) is 33.1 Å². The summed E-state index contributed by atoms with van der Waals surface area (Å²) in [6.07, 6.45) is 0. The minimum Gasteiger partial charge on any atom is -0.496 e. The molecule has 1 heterocycles. The summed E-state index contributed by atoms with van der Waals surface area (Å²) in [4.78, 5) is 28.7. The molecule has 174 valence electrons. The summed E-state index contributed by atoms with van der Waals surface area (Å²) in [5.74, 6) is 0.668. The van der Waals surface area contributed by atoms with Crippen LogP contribution in [0.2, 0.25) is 0 Å². The lowest BCUT2D eigenvalue weighted by Crippen LogP contribution is -2.33. The summed E-state index contributed by atoms with van der Waals surface area (Å²) in [6.45, 7) is 3.79. The normalized spacial score (nSPS) is 13.4. The zero-order valence-corrected chi connectivity index (χ0v) is 19.8. The fourth-order valence-corrected chi connectivity index (χ4v) is 3.98. The molecular weight excluding hydrogens is 432 g/mol. The maximum Gasteiger partial charge on any atom is 0.282 e. The van der Waals surface area contributed by atoms with Gasteiger partial charge in [-0.3, -0.25) is 9.59 Å². The van der Waals surface area contributed by atoms with E-state index in [1.165, 1.54) is 19.1 Å². The lowest BCUT2D eigenvalue weighted by Gasteiger charge is -2.18. The Balaban J connectivity index is 1.88. The van der Waals surface area contributed by atoms with Crippen molar-refractivity contribution in [3.8, 4) is 17.2 Å². The molecule has 0 aromatic heterocycles. The second kappa shape index (κ2) is 9.31. The number of anilines is 2. The highest BCUT2D eigenvalue weighted by atomic mass is 16.5. The number of amides is 2. The van der Waals surface area contributed by atoms with Gasteiger partial charge in [0.25, 0.3) is 11.8 Å². The van der Waals surface area contributed by atoms with E-state index < -0.39 is 11.8 Å². The Morgan fingerprint density at radius 2 is 1.44 bits per heavy atom. The Bertz CT molecular complexity index is 1310. The highest BCUT2D eigenvalue weighted by molar-refractivity contribution is 6.46. The Labute approximate surface area is 198 Å². The van der Waals surface area contributed by atoms with Crippen LogP contribution in [0.4, 0.5) is 11.4 Å². The molecule has 0 radical (unpaired) electrons. The molecule has 1 aliphatic heterocycles. The zero-order valence-electron chi connectivity index (χ0n) is 19.8. The number of aryl methyl sites for hydroxylation is 2. The molecule has 3 aromatic rings. The molecule has 0 saturated heterocycles. The van der Waals surface area contributed by atoms with Gasteiger partial charge in [-0.25, -0.2) is 4.90 Å². The van der Waals surface area contributed by atoms with Gasteiger partial charge >= 0.3 is 0 Å². The topological polar surface area (TPSA) is 77.1 Å². The van der Waals surface area contributed by atoms with E-state index >= 15 is 0 Å². The lowest BCUT2D eigenvalue weighted by atomic mass is 10.0. The number of nitrogens with zero attached hydrogens (tertiary/aromatic N) is 1. The number of benzene rings is 3. The standard InChI is InChI=1S/C27H26N2O5/c1-16-10-11-17(2)20(14-16)29-26(30)24(19-8-6-7-9-21(19)32-3)25(27(29)31)28-18-12-13-22(33-4)23(15-18)34-5/h6-15,28H,1-5H3. The molecule has 7 heteroatoms. The van der Waals surface area contributed by atoms with Crippen LogP contribution in [0, 0.1) is 13.8 Å². The molecule has 0 atom stereocenters. The molecule has 7 nitrogen and oxygen atoms in total. The average molecular weight is 459 g/mol. The number of hydrogen-bond acceptors (Lipinski definition) is 6. The van der Waals surface area contributed by atoms with Gasteiger partial charge in [0.15, 0.2) is 11.5 Å². The van der Waals surface area contributed by atoms with Crippen LogP contribution >= 0.6 is 0 Å². The van der Waals surface area contributed by atoms with Crippen LogP contribution in [0.3, 0.4) is 0 Å². The van der Waals surface area contributed by atoms with Crippen LogP contribution in [0.15, 0.2) is 66.4 Å². The molecule has 1 N–H and O–H groups in total. The van der Waals surface area contributed by atoms with E-state index in [-0.39, 0.29) is 11.3 Å². The summed E-state index contributed by atoms with van der Waals surface area (Å²) in [6, 6.07) is 18.0. The number of nitrogens with one attached hydrogen (secondary N) is 1. The maximum absolute atomic E-state index is 13.8. The first kappa shape index (κ1) is 22.9. The van der Waals surface area contributed by atoms with E-state index in [9.17, 15) is 9.59 Å². The predicted molar refractivity (Wildman–Crippen MR) is 131 cm³/mol. The fourth-order valence-electron chi connectivity index (χ4n) is 3.98. The van der Waals surface area contributed by atoms with E-state index in [1.54, 1.807) is 43.5 Å². The van der Waals surface area contributed by atoms with E-state index in [0.717, 1.165) is 11.1 Å². The number of imide groups is 1. The molecule has 0 unspecified atom stereocenters. The van der Waals surface area contributed by atoms with Gasteiger partial charge in [0.2, 0.25) is 0 Å². The molecule has 2 amide bonds. The van der Waals surface area contributed by atoms with E-state index in [0.29, 0.717) is 34.2 Å². The van der Waals surface area contributed by atoms with Gasteiger partial charge < -0.3 is 19.5 Å². The average Bonchev–Trinajstić information content (AvgIpc) is 3.09. The van der Waals surface area contributed by atoms with Crippen molar-refractivity contribution in [1.82, 2.24) is 0 Å². The van der Waals surface area contributed by atoms with Crippen molar-refractivity contribution >= 4 is 28.8 Å². The van der Waals surface area contributed by atoms with Gasteiger partial charge in [-0.05, 0) is 49.2 Å². The summed E-state index contributed by atoms with van der Waals surface area (Å²) in [7, 11) is 4.62. The summed E-state index contributed by atoms with van der Waals surface area (Å²) < 4.78 is 16.2. The minimum atomic E-state index is -0.450. The van der Waals surface area contributed by atoms with Crippen molar-refractivity contribution in [1.29, 1.82) is 0 Å². The van der Waals surface area contributed by atoms with Gasteiger partial charge in [-0.2, -0.15) is 0 Å². The monoisotopic (exact) mass is 458 g/mol. The van der Waals surface area contributed by atoms with Gasteiger partial charge in [-0.15, -0.1) is 0 Å². The number of ether oxygens (including phenoxy) is 3. The van der Waals surface area contributed by atoms with E-state index in [2.05, 4.69) is 5.32 Å². The zero-order chi connectivity index (χ0) is 24.4. The van der Waals surface area contributed by atoms with Crippen molar-refractivity contribution in [2.75, 3.05) is 31.5 Å². The number of para-hydroxylation sites is 1. The first-order chi connectivity index (χ1) is 16.4. The molecule has 1 aliphatic rings. The Morgan fingerprint density at radius 1 is 0.735 bits per heavy atom. The second-order valence-electron chi connectivity index (χ2n) is 7.88. The van der Waals surface area contributed by atoms with E-state index in [1.807, 2.05) is 38.1 Å². The first-order valence-corrected chi connectivity index (χ1v) is 10.7. The van der Waals surface area contributed by atoms with Crippen molar-refractivity contribution in [2.24, 2.45) is 0 Å². The second-order valence-corrected chi connectivity index (χ2v) is 7.88. The minimum absolute atomic E-state index is 0.155. The van der Waals surface area contributed by atoms with Crippen molar-refractivity contribution < 1.29 is 23.8 Å².